The average molecular weight is 186 g/mol. The van der Waals surface area contributed by atoms with E-state index in [9.17, 15) is 0 Å². The van der Waals surface area contributed by atoms with Gasteiger partial charge in [0.15, 0.2) is 0 Å². The van der Waals surface area contributed by atoms with Crippen LogP contribution in [0.1, 0.15) is 41.5 Å². The molecule has 0 aromatic heterocycles. The summed E-state index contributed by atoms with van der Waals surface area (Å²) in [7, 11) is 0. The molecule has 1 aliphatic rings. The second-order valence-corrected chi connectivity index (χ2v) is 4.02. The van der Waals surface area contributed by atoms with Gasteiger partial charge in [-0.1, -0.05) is 13.8 Å². The van der Waals surface area contributed by atoms with Gasteiger partial charge in [0.2, 0.25) is 0 Å². The van der Waals surface area contributed by atoms with Crippen LogP contribution in [-0.4, -0.2) is 36.1 Å². The van der Waals surface area contributed by atoms with E-state index in [1.807, 2.05) is 13.8 Å². The zero-order chi connectivity index (χ0) is 10.4. The summed E-state index contributed by atoms with van der Waals surface area (Å²) in [5.41, 5.74) is 0. The van der Waals surface area contributed by atoms with Crippen molar-refractivity contribution in [2.24, 2.45) is 0 Å². The molecule has 0 aliphatic carbocycles. The Balaban J connectivity index is 0.000000671. The van der Waals surface area contributed by atoms with Gasteiger partial charge in [0, 0.05) is 31.2 Å². The quantitative estimate of drug-likeness (QED) is 0.674. The molecule has 1 heterocycles. The third-order valence-corrected chi connectivity index (χ3v) is 2.32. The van der Waals surface area contributed by atoms with E-state index in [4.69, 9.17) is 0 Å². The number of nitrogens with one attached hydrogen (secondary N) is 1. The predicted octanol–water partition coefficient (Wildman–Crippen LogP) is 2.10. The summed E-state index contributed by atoms with van der Waals surface area (Å²) in [5.74, 6) is 0. The van der Waals surface area contributed by atoms with Crippen molar-refractivity contribution in [1.29, 1.82) is 0 Å². The van der Waals surface area contributed by atoms with Crippen LogP contribution in [0.5, 0.6) is 0 Å². The van der Waals surface area contributed by atoms with Crippen LogP contribution in [0.15, 0.2) is 0 Å². The second kappa shape index (κ2) is 6.39. The zero-order valence-corrected chi connectivity index (χ0v) is 10.1. The molecule has 2 nitrogen and oxygen atoms in total. The summed E-state index contributed by atoms with van der Waals surface area (Å²) in [4.78, 5) is 2.53. The molecule has 80 valence electrons. The Hall–Kier alpha value is -0.0800. The first kappa shape index (κ1) is 12.9. The minimum Gasteiger partial charge on any atom is -0.309 e. The van der Waals surface area contributed by atoms with Crippen molar-refractivity contribution >= 4 is 0 Å². The largest absolute Gasteiger partial charge is 0.309 e. The number of hydrogen-bond acceptors (Lipinski definition) is 2. The SMILES string of the molecule is CC.CC1CN(C(C)C)C[C@@H](C)N1. The molecule has 1 rings (SSSR count). The van der Waals surface area contributed by atoms with E-state index in [1.54, 1.807) is 0 Å². The van der Waals surface area contributed by atoms with Gasteiger partial charge in [0.25, 0.3) is 0 Å². The Labute approximate surface area is 83.7 Å². The summed E-state index contributed by atoms with van der Waals surface area (Å²) in [6.45, 7) is 15.4. The monoisotopic (exact) mass is 186 g/mol. The van der Waals surface area contributed by atoms with E-state index in [2.05, 4.69) is 37.9 Å². The maximum absolute atomic E-state index is 3.52. The van der Waals surface area contributed by atoms with Crippen LogP contribution in [0, 0.1) is 0 Å². The minimum atomic E-state index is 0.654. The van der Waals surface area contributed by atoms with Crippen LogP contribution in [0.2, 0.25) is 0 Å². The summed E-state index contributed by atoms with van der Waals surface area (Å²) in [5, 5.41) is 3.52. The van der Waals surface area contributed by atoms with E-state index in [0.29, 0.717) is 18.1 Å². The Morgan fingerprint density at radius 2 is 1.46 bits per heavy atom. The maximum Gasteiger partial charge on any atom is 0.0169 e. The second-order valence-electron chi connectivity index (χ2n) is 4.02. The molecule has 0 amide bonds. The van der Waals surface area contributed by atoms with Gasteiger partial charge >= 0.3 is 0 Å². The van der Waals surface area contributed by atoms with Gasteiger partial charge in [-0.05, 0) is 27.7 Å². The van der Waals surface area contributed by atoms with Crippen LogP contribution in [0.25, 0.3) is 0 Å². The van der Waals surface area contributed by atoms with Crippen LogP contribution in [0.3, 0.4) is 0 Å². The fourth-order valence-electron chi connectivity index (χ4n) is 1.79. The molecule has 0 bridgehead atoms. The summed E-state index contributed by atoms with van der Waals surface area (Å²) >= 11 is 0. The van der Waals surface area contributed by atoms with Crippen molar-refractivity contribution in [2.45, 2.75) is 59.7 Å². The fraction of sp³-hybridized carbons (Fsp3) is 1.00. The number of hydrogen-bond donors (Lipinski definition) is 1. The number of piperazine rings is 1. The lowest BCUT2D eigenvalue weighted by Gasteiger charge is -2.38. The van der Waals surface area contributed by atoms with Crippen molar-refractivity contribution < 1.29 is 0 Å². The molecular formula is C11H26N2. The van der Waals surface area contributed by atoms with Crippen LogP contribution >= 0.6 is 0 Å². The number of nitrogens with zero attached hydrogens (tertiary/aromatic N) is 1. The number of rotatable bonds is 1. The molecule has 2 heteroatoms. The van der Waals surface area contributed by atoms with Crippen LogP contribution < -0.4 is 5.32 Å². The molecule has 13 heavy (non-hydrogen) atoms. The smallest absolute Gasteiger partial charge is 0.0169 e. The molecular weight excluding hydrogens is 160 g/mol. The predicted molar refractivity (Wildman–Crippen MR) is 60.1 cm³/mol. The lowest BCUT2D eigenvalue weighted by molar-refractivity contribution is 0.139. The van der Waals surface area contributed by atoms with E-state index >= 15 is 0 Å². The van der Waals surface area contributed by atoms with Gasteiger partial charge in [0.1, 0.15) is 0 Å². The molecule has 0 radical (unpaired) electrons. The molecule has 0 aromatic rings. The first-order valence-electron chi connectivity index (χ1n) is 5.59. The highest BCUT2D eigenvalue weighted by Gasteiger charge is 2.21. The standard InChI is InChI=1S/C9H20N2.C2H6/c1-7(2)11-5-8(3)10-9(4)6-11;1-2/h7-10H,5-6H2,1-4H3;1-2H3/t8-,9?;/m1./s1. The zero-order valence-electron chi connectivity index (χ0n) is 10.1. The molecule has 1 unspecified atom stereocenters. The third-order valence-electron chi connectivity index (χ3n) is 2.32. The average Bonchev–Trinajstić information content (AvgIpc) is 2.06. The molecule has 2 atom stereocenters. The molecule has 1 N–H and O–H groups in total. The highest BCUT2D eigenvalue weighted by molar-refractivity contribution is 4.82. The van der Waals surface area contributed by atoms with Crippen molar-refractivity contribution in [1.82, 2.24) is 10.2 Å². The van der Waals surface area contributed by atoms with E-state index in [1.165, 1.54) is 13.1 Å². The van der Waals surface area contributed by atoms with Gasteiger partial charge in [-0.3, -0.25) is 4.90 Å². The normalized spacial score (nSPS) is 29.8. The van der Waals surface area contributed by atoms with Gasteiger partial charge in [-0.25, -0.2) is 0 Å². The van der Waals surface area contributed by atoms with Crippen LogP contribution in [0.4, 0.5) is 0 Å². The van der Waals surface area contributed by atoms with E-state index < -0.39 is 0 Å². The van der Waals surface area contributed by atoms with Gasteiger partial charge < -0.3 is 5.32 Å². The fourth-order valence-corrected chi connectivity index (χ4v) is 1.79. The van der Waals surface area contributed by atoms with Gasteiger partial charge in [-0.2, -0.15) is 0 Å². The molecule has 0 spiro atoms. The van der Waals surface area contributed by atoms with Crippen molar-refractivity contribution in [3.63, 3.8) is 0 Å². The first-order valence-corrected chi connectivity index (χ1v) is 5.59. The Bertz CT molecular complexity index is 113. The van der Waals surface area contributed by atoms with Gasteiger partial charge in [-0.15, -0.1) is 0 Å². The summed E-state index contributed by atoms with van der Waals surface area (Å²) in [6, 6.07) is 2.00. The molecule has 0 aromatic carbocycles. The third kappa shape index (κ3) is 4.63. The van der Waals surface area contributed by atoms with Crippen LogP contribution in [-0.2, 0) is 0 Å². The Morgan fingerprint density at radius 1 is 1.08 bits per heavy atom. The highest BCUT2D eigenvalue weighted by atomic mass is 15.2. The van der Waals surface area contributed by atoms with Crippen molar-refractivity contribution in [3.05, 3.63) is 0 Å². The van der Waals surface area contributed by atoms with Gasteiger partial charge in [0.05, 0.1) is 0 Å². The van der Waals surface area contributed by atoms with E-state index in [-0.39, 0.29) is 0 Å². The lowest BCUT2D eigenvalue weighted by Crippen LogP contribution is -2.55. The lowest BCUT2D eigenvalue weighted by atomic mass is 10.1. The first-order chi connectivity index (χ1) is 6.09. The molecule has 1 saturated heterocycles. The topological polar surface area (TPSA) is 15.3 Å². The molecule has 1 fully saturated rings. The Morgan fingerprint density at radius 3 is 1.77 bits per heavy atom. The van der Waals surface area contributed by atoms with Crippen molar-refractivity contribution in [3.8, 4) is 0 Å². The van der Waals surface area contributed by atoms with E-state index in [0.717, 1.165) is 0 Å². The molecule has 1 aliphatic heterocycles. The highest BCUT2D eigenvalue weighted by Crippen LogP contribution is 2.07. The summed E-state index contributed by atoms with van der Waals surface area (Å²) in [6.07, 6.45) is 0. The maximum atomic E-state index is 3.52. The molecule has 0 saturated carbocycles. The van der Waals surface area contributed by atoms with Crippen molar-refractivity contribution in [2.75, 3.05) is 13.1 Å². The summed E-state index contributed by atoms with van der Waals surface area (Å²) < 4.78 is 0. The Kier molecular flexibility index (Phi) is 6.35. The minimum absolute atomic E-state index is 0.654.